The third-order valence-electron chi connectivity index (χ3n) is 3.59. The number of benzene rings is 1. The van der Waals surface area contributed by atoms with Crippen LogP contribution in [0.3, 0.4) is 0 Å². The Hall–Kier alpha value is -2.18. The van der Waals surface area contributed by atoms with Gasteiger partial charge in [-0.3, -0.25) is 9.56 Å². The number of fused-ring (bicyclic) bond motifs is 3. The normalized spacial score (nSPS) is 13.3. The number of nitrogens with zero attached hydrogens (tertiary/aromatic N) is 4. The first-order valence-corrected chi connectivity index (χ1v) is 7.95. The summed E-state index contributed by atoms with van der Waals surface area (Å²) in [7, 11) is 0. The van der Waals surface area contributed by atoms with Gasteiger partial charge in [0.1, 0.15) is 17.4 Å². The summed E-state index contributed by atoms with van der Waals surface area (Å²) in [6.07, 6.45) is 0. The second kappa shape index (κ2) is 4.93. The maximum absolute atomic E-state index is 6.36. The van der Waals surface area contributed by atoms with Crippen molar-refractivity contribution in [2.45, 2.75) is 13.5 Å². The molecule has 0 aliphatic carbocycles. The summed E-state index contributed by atoms with van der Waals surface area (Å²) >= 11 is 7.86. The average molecular weight is 330 g/mol. The molecular weight excluding hydrogens is 318 g/mol. The van der Waals surface area contributed by atoms with E-state index in [1.54, 1.807) is 0 Å². The highest BCUT2D eigenvalue weighted by molar-refractivity contribution is 7.18. The Morgan fingerprint density at radius 1 is 1.23 bits per heavy atom. The lowest BCUT2D eigenvalue weighted by molar-refractivity contribution is 0.869. The Labute approximate surface area is 136 Å². The highest BCUT2D eigenvalue weighted by Gasteiger charge is 2.24. The van der Waals surface area contributed by atoms with Crippen LogP contribution in [0.1, 0.15) is 22.8 Å². The summed E-state index contributed by atoms with van der Waals surface area (Å²) in [6.45, 7) is 2.39. The lowest BCUT2D eigenvalue weighted by atomic mass is 10.0. The van der Waals surface area contributed by atoms with Gasteiger partial charge >= 0.3 is 0 Å². The average Bonchev–Trinajstić information content (AvgIpc) is 3.00. The van der Waals surface area contributed by atoms with Crippen molar-refractivity contribution >= 4 is 33.7 Å². The molecule has 0 unspecified atom stereocenters. The van der Waals surface area contributed by atoms with Crippen LogP contribution in [0.4, 0.5) is 5.00 Å². The molecule has 1 aliphatic heterocycles. The molecule has 2 N–H and O–H groups in total. The molecule has 0 spiro atoms. The quantitative estimate of drug-likeness (QED) is 0.745. The number of aryl methyl sites for hydroxylation is 1. The Morgan fingerprint density at radius 3 is 2.86 bits per heavy atom. The molecule has 7 heteroatoms. The van der Waals surface area contributed by atoms with Gasteiger partial charge in [0.05, 0.1) is 10.7 Å². The molecule has 110 valence electrons. The van der Waals surface area contributed by atoms with Gasteiger partial charge in [-0.15, -0.1) is 10.2 Å². The van der Waals surface area contributed by atoms with E-state index in [0.717, 1.165) is 38.5 Å². The van der Waals surface area contributed by atoms with Crippen LogP contribution in [0.15, 0.2) is 35.3 Å². The molecule has 22 heavy (non-hydrogen) atoms. The van der Waals surface area contributed by atoms with Gasteiger partial charge < -0.3 is 5.73 Å². The fraction of sp³-hybridized carbons (Fsp3) is 0.133. The van der Waals surface area contributed by atoms with Crippen LogP contribution in [0, 0.1) is 6.92 Å². The monoisotopic (exact) mass is 329 g/mol. The van der Waals surface area contributed by atoms with Crippen molar-refractivity contribution in [1.29, 1.82) is 0 Å². The predicted octanol–water partition coefficient (Wildman–Crippen LogP) is 3.22. The molecule has 3 aromatic rings. The minimum absolute atomic E-state index is 0.461. The van der Waals surface area contributed by atoms with Crippen LogP contribution in [-0.4, -0.2) is 20.5 Å². The van der Waals surface area contributed by atoms with E-state index in [1.165, 1.54) is 11.3 Å². The first-order chi connectivity index (χ1) is 10.6. The first kappa shape index (κ1) is 13.5. The van der Waals surface area contributed by atoms with Gasteiger partial charge in [0.2, 0.25) is 0 Å². The van der Waals surface area contributed by atoms with Crippen LogP contribution >= 0.6 is 22.9 Å². The molecule has 4 rings (SSSR count). The highest BCUT2D eigenvalue weighted by atomic mass is 35.5. The third kappa shape index (κ3) is 1.95. The lowest BCUT2D eigenvalue weighted by Gasteiger charge is -2.08. The van der Waals surface area contributed by atoms with E-state index in [0.29, 0.717) is 11.6 Å². The first-order valence-electron chi connectivity index (χ1n) is 6.75. The number of anilines is 1. The molecule has 0 saturated heterocycles. The van der Waals surface area contributed by atoms with Crippen molar-refractivity contribution in [2.75, 3.05) is 5.73 Å². The Kier molecular flexibility index (Phi) is 3.02. The molecule has 0 fully saturated rings. The SMILES string of the molecule is Cc1nnc2n1-c1sc(N)cc1C(c1ccccc1Cl)=NC2. The zero-order chi connectivity index (χ0) is 15.3. The van der Waals surface area contributed by atoms with E-state index in [9.17, 15) is 0 Å². The van der Waals surface area contributed by atoms with Gasteiger partial charge in [0, 0.05) is 16.1 Å². The number of hydrogen-bond donors (Lipinski definition) is 1. The van der Waals surface area contributed by atoms with Crippen LogP contribution in [0.25, 0.3) is 5.00 Å². The number of nitrogens with two attached hydrogens (primary N) is 1. The number of aliphatic imine (C=N–C) groups is 1. The van der Waals surface area contributed by atoms with Crippen molar-refractivity contribution in [3.05, 3.63) is 58.1 Å². The number of hydrogen-bond acceptors (Lipinski definition) is 5. The molecule has 1 aliphatic rings. The fourth-order valence-corrected chi connectivity index (χ4v) is 3.85. The van der Waals surface area contributed by atoms with E-state index in [1.807, 2.05) is 41.8 Å². The Balaban J connectivity index is 2.00. The zero-order valence-electron chi connectivity index (χ0n) is 11.7. The summed E-state index contributed by atoms with van der Waals surface area (Å²) in [6, 6.07) is 9.64. The molecule has 5 nitrogen and oxygen atoms in total. The van der Waals surface area contributed by atoms with E-state index >= 15 is 0 Å². The van der Waals surface area contributed by atoms with Gasteiger partial charge in [-0.25, -0.2) is 0 Å². The van der Waals surface area contributed by atoms with Crippen LogP contribution in [0.5, 0.6) is 0 Å². The molecule has 0 amide bonds. The Bertz CT molecular complexity index is 909. The molecule has 0 saturated carbocycles. The lowest BCUT2D eigenvalue weighted by Crippen LogP contribution is -2.05. The Morgan fingerprint density at radius 2 is 2.05 bits per heavy atom. The molecular formula is C15H12ClN5S. The van der Waals surface area contributed by atoms with Gasteiger partial charge in [-0.1, -0.05) is 41.1 Å². The molecule has 3 heterocycles. The standard InChI is InChI=1S/C15H12ClN5S/c1-8-19-20-13-7-18-14(9-4-2-3-5-11(9)16)10-6-12(17)22-15(10)21(8)13/h2-6H,7,17H2,1H3. The molecule has 0 bridgehead atoms. The zero-order valence-corrected chi connectivity index (χ0v) is 13.3. The van der Waals surface area contributed by atoms with Crippen molar-refractivity contribution < 1.29 is 0 Å². The van der Waals surface area contributed by atoms with E-state index < -0.39 is 0 Å². The smallest absolute Gasteiger partial charge is 0.160 e. The van der Waals surface area contributed by atoms with Crippen molar-refractivity contribution in [3.63, 3.8) is 0 Å². The van der Waals surface area contributed by atoms with Crippen molar-refractivity contribution in [2.24, 2.45) is 4.99 Å². The number of thiophene rings is 1. The molecule has 1 aromatic carbocycles. The van der Waals surface area contributed by atoms with Crippen LogP contribution in [0.2, 0.25) is 5.02 Å². The van der Waals surface area contributed by atoms with Gasteiger partial charge in [-0.2, -0.15) is 0 Å². The molecule has 0 atom stereocenters. The second-order valence-corrected chi connectivity index (χ2v) is 6.48. The van der Waals surface area contributed by atoms with Crippen molar-refractivity contribution in [3.8, 4) is 5.00 Å². The highest BCUT2D eigenvalue weighted by Crippen LogP contribution is 2.35. The number of rotatable bonds is 1. The topological polar surface area (TPSA) is 69.1 Å². The maximum atomic E-state index is 6.36. The van der Waals surface area contributed by atoms with Crippen molar-refractivity contribution in [1.82, 2.24) is 14.8 Å². The molecule has 2 aromatic heterocycles. The number of nitrogen functional groups attached to an aromatic ring is 1. The summed E-state index contributed by atoms with van der Waals surface area (Å²) in [5.74, 6) is 1.64. The van der Waals surface area contributed by atoms with E-state index in [2.05, 4.69) is 10.2 Å². The second-order valence-electron chi connectivity index (χ2n) is 5.01. The predicted molar refractivity (Wildman–Crippen MR) is 89.2 cm³/mol. The minimum Gasteiger partial charge on any atom is -0.391 e. The maximum Gasteiger partial charge on any atom is 0.160 e. The largest absolute Gasteiger partial charge is 0.391 e. The summed E-state index contributed by atoms with van der Waals surface area (Å²) in [5, 5.41) is 10.8. The minimum atomic E-state index is 0.461. The summed E-state index contributed by atoms with van der Waals surface area (Å²) in [4.78, 5) is 4.72. The molecule has 0 radical (unpaired) electrons. The van der Waals surface area contributed by atoms with Gasteiger partial charge in [0.15, 0.2) is 5.82 Å². The third-order valence-corrected chi connectivity index (χ3v) is 4.87. The van der Waals surface area contributed by atoms with E-state index in [-0.39, 0.29) is 0 Å². The summed E-state index contributed by atoms with van der Waals surface area (Å²) in [5.41, 5.74) is 8.76. The van der Waals surface area contributed by atoms with Gasteiger partial charge in [-0.05, 0) is 19.1 Å². The number of halogens is 1. The van der Waals surface area contributed by atoms with Crippen LogP contribution < -0.4 is 5.73 Å². The van der Waals surface area contributed by atoms with E-state index in [4.69, 9.17) is 22.3 Å². The van der Waals surface area contributed by atoms with Crippen LogP contribution in [-0.2, 0) is 6.54 Å². The van der Waals surface area contributed by atoms with Gasteiger partial charge in [0.25, 0.3) is 0 Å². The number of aromatic nitrogens is 3. The summed E-state index contributed by atoms with van der Waals surface area (Å²) < 4.78 is 2.02. The fourth-order valence-electron chi connectivity index (χ4n) is 2.63.